The van der Waals surface area contributed by atoms with E-state index in [1.165, 1.54) is 13.8 Å². The fourth-order valence-electron chi connectivity index (χ4n) is 2.06. The second kappa shape index (κ2) is 8.78. The van der Waals surface area contributed by atoms with Crippen LogP contribution in [0.1, 0.15) is 26.7 Å². The quantitative estimate of drug-likeness (QED) is 0.258. The summed E-state index contributed by atoms with van der Waals surface area (Å²) in [5.74, 6) is -5.42. The van der Waals surface area contributed by atoms with E-state index in [9.17, 15) is 28.8 Å². The topological polar surface area (TPSA) is 191 Å². The number of carbonyl (C=O) groups is 6. The number of nitrogens with one attached hydrogen (secondary N) is 4. The van der Waals surface area contributed by atoms with Gasteiger partial charge in [-0.3, -0.25) is 28.8 Å². The summed E-state index contributed by atoms with van der Waals surface area (Å²) in [5.41, 5.74) is 0. The molecule has 6 N–H and O–H groups in total. The van der Waals surface area contributed by atoms with E-state index < -0.39 is 72.6 Å². The molecule has 0 unspecified atom stereocenters. The minimum atomic E-state index is -1.25. The summed E-state index contributed by atoms with van der Waals surface area (Å²) in [4.78, 5) is 68.7. The molecule has 4 atom stereocenters. The van der Waals surface area contributed by atoms with Gasteiger partial charge < -0.3 is 31.5 Å². The molecule has 0 saturated carbocycles. The van der Waals surface area contributed by atoms with Crippen molar-refractivity contribution in [3.63, 3.8) is 0 Å². The Morgan fingerprint density at radius 2 is 1.15 bits per heavy atom. The predicted molar refractivity (Wildman–Crippen MR) is 83.6 cm³/mol. The van der Waals surface area contributed by atoms with E-state index in [2.05, 4.69) is 21.3 Å². The van der Waals surface area contributed by atoms with Gasteiger partial charge >= 0.3 is 11.9 Å². The summed E-state index contributed by atoms with van der Waals surface area (Å²) >= 11 is 0. The van der Waals surface area contributed by atoms with Crippen LogP contribution in [0.2, 0.25) is 0 Å². The van der Waals surface area contributed by atoms with Crippen LogP contribution >= 0.6 is 0 Å². The molecule has 0 aromatic heterocycles. The van der Waals surface area contributed by atoms with Gasteiger partial charge in [0.1, 0.15) is 24.2 Å². The van der Waals surface area contributed by atoms with Crippen molar-refractivity contribution in [2.45, 2.75) is 50.9 Å². The van der Waals surface area contributed by atoms with Crippen LogP contribution in [0.4, 0.5) is 0 Å². The molecule has 1 aliphatic heterocycles. The Hall–Kier alpha value is -3.18. The third-order valence-electron chi connectivity index (χ3n) is 3.54. The summed E-state index contributed by atoms with van der Waals surface area (Å²) in [7, 11) is 0. The number of piperazine rings is 1. The summed E-state index contributed by atoms with van der Waals surface area (Å²) in [6, 6.07) is -4.73. The summed E-state index contributed by atoms with van der Waals surface area (Å²) in [6.45, 7) is 2.49. The second-order valence-electron chi connectivity index (χ2n) is 5.79. The van der Waals surface area contributed by atoms with Crippen molar-refractivity contribution in [3.8, 4) is 0 Å². The first kappa shape index (κ1) is 20.9. The van der Waals surface area contributed by atoms with E-state index in [1.54, 1.807) is 0 Å². The molecule has 0 aliphatic carbocycles. The lowest BCUT2D eigenvalue weighted by molar-refractivity contribution is -0.143. The molecule has 1 aliphatic rings. The summed E-state index contributed by atoms with van der Waals surface area (Å²) in [5, 5.41) is 26.3. The standard InChI is InChI=1S/C14H20N4O8/c1-5(13(23)24)15-9(19)3-7-11(21)18-8(12(22)17-7)4-10(20)16-6(2)14(25)26/h5-8H,3-4H2,1-2H3,(H,15,19)(H,16,20)(H,17,22)(H,18,21)(H,23,24)(H,25,26)/t5-,6-,7-,8-/m0/s1. The van der Waals surface area contributed by atoms with Crippen molar-refractivity contribution in [2.24, 2.45) is 0 Å². The molecule has 12 nitrogen and oxygen atoms in total. The summed E-state index contributed by atoms with van der Waals surface area (Å²) in [6.07, 6.45) is -0.936. The molecule has 0 radical (unpaired) electrons. The Morgan fingerprint density at radius 1 is 0.846 bits per heavy atom. The molecule has 144 valence electrons. The Bertz CT molecular complexity index is 580. The van der Waals surface area contributed by atoms with Crippen molar-refractivity contribution >= 4 is 35.6 Å². The fraction of sp³-hybridized carbons (Fsp3) is 0.571. The zero-order chi connectivity index (χ0) is 20.0. The van der Waals surface area contributed by atoms with Gasteiger partial charge in [0.05, 0.1) is 12.8 Å². The highest BCUT2D eigenvalue weighted by atomic mass is 16.4. The van der Waals surface area contributed by atoms with Gasteiger partial charge in [-0.1, -0.05) is 0 Å². The van der Waals surface area contributed by atoms with E-state index in [4.69, 9.17) is 10.2 Å². The van der Waals surface area contributed by atoms with Crippen LogP contribution in [0.25, 0.3) is 0 Å². The smallest absolute Gasteiger partial charge is 0.325 e. The molecule has 0 spiro atoms. The van der Waals surface area contributed by atoms with Gasteiger partial charge in [-0.05, 0) is 13.8 Å². The fourth-order valence-corrected chi connectivity index (χ4v) is 2.06. The number of carboxylic acids is 2. The van der Waals surface area contributed by atoms with E-state index in [0.717, 1.165) is 0 Å². The lowest BCUT2D eigenvalue weighted by atomic mass is 10.0. The van der Waals surface area contributed by atoms with Crippen LogP contribution in [0.15, 0.2) is 0 Å². The molecule has 0 bridgehead atoms. The normalized spacial score (nSPS) is 21.6. The highest BCUT2D eigenvalue weighted by Crippen LogP contribution is 2.05. The van der Waals surface area contributed by atoms with Crippen molar-refractivity contribution in [2.75, 3.05) is 0 Å². The number of aliphatic carboxylic acids is 2. The van der Waals surface area contributed by atoms with Gasteiger partial charge in [0, 0.05) is 0 Å². The SMILES string of the molecule is C[C@H](NC(=O)C[C@@H]1NC(=O)[C@H](CC(=O)N[C@@H](C)C(=O)O)NC1=O)C(=O)O. The molecular weight excluding hydrogens is 352 g/mol. The minimum Gasteiger partial charge on any atom is -0.480 e. The molecule has 1 fully saturated rings. The lowest BCUT2D eigenvalue weighted by Crippen LogP contribution is -2.63. The van der Waals surface area contributed by atoms with Crippen LogP contribution in [0, 0.1) is 0 Å². The molecule has 26 heavy (non-hydrogen) atoms. The largest absolute Gasteiger partial charge is 0.480 e. The number of hydrogen-bond donors (Lipinski definition) is 6. The molecule has 1 rings (SSSR count). The van der Waals surface area contributed by atoms with Gasteiger partial charge in [-0.25, -0.2) is 0 Å². The molecule has 1 heterocycles. The lowest BCUT2D eigenvalue weighted by Gasteiger charge is -2.29. The molecule has 4 amide bonds. The minimum absolute atomic E-state index is 0.468. The maximum absolute atomic E-state index is 12.0. The Morgan fingerprint density at radius 3 is 1.42 bits per heavy atom. The zero-order valence-electron chi connectivity index (χ0n) is 14.1. The second-order valence-corrected chi connectivity index (χ2v) is 5.79. The van der Waals surface area contributed by atoms with E-state index in [-0.39, 0.29) is 0 Å². The zero-order valence-corrected chi connectivity index (χ0v) is 14.1. The Balaban J connectivity index is 2.56. The molecule has 0 aromatic carbocycles. The van der Waals surface area contributed by atoms with Crippen LogP contribution < -0.4 is 21.3 Å². The van der Waals surface area contributed by atoms with Crippen LogP contribution in [0.3, 0.4) is 0 Å². The third kappa shape index (κ3) is 6.03. The number of carboxylic acid groups (broad SMARTS) is 2. The van der Waals surface area contributed by atoms with Crippen molar-refractivity contribution in [1.82, 2.24) is 21.3 Å². The van der Waals surface area contributed by atoms with Gasteiger partial charge in [0.15, 0.2) is 0 Å². The van der Waals surface area contributed by atoms with Gasteiger partial charge in [0.25, 0.3) is 0 Å². The number of hydrogen-bond acceptors (Lipinski definition) is 6. The predicted octanol–water partition coefficient (Wildman–Crippen LogP) is -3.07. The van der Waals surface area contributed by atoms with Gasteiger partial charge in [0.2, 0.25) is 23.6 Å². The van der Waals surface area contributed by atoms with Crippen molar-refractivity contribution in [1.29, 1.82) is 0 Å². The number of carbonyl (C=O) groups excluding carboxylic acids is 4. The first-order chi connectivity index (χ1) is 12.0. The maximum Gasteiger partial charge on any atom is 0.325 e. The average molecular weight is 372 g/mol. The van der Waals surface area contributed by atoms with Crippen LogP contribution in [-0.2, 0) is 28.8 Å². The Labute approximate surface area is 147 Å². The van der Waals surface area contributed by atoms with Crippen molar-refractivity contribution < 1.29 is 39.0 Å². The molecule has 1 saturated heterocycles. The van der Waals surface area contributed by atoms with Crippen LogP contribution in [0.5, 0.6) is 0 Å². The third-order valence-corrected chi connectivity index (χ3v) is 3.54. The highest BCUT2D eigenvalue weighted by Gasteiger charge is 2.36. The first-order valence-corrected chi connectivity index (χ1v) is 7.66. The number of rotatable bonds is 8. The molecule has 12 heteroatoms. The highest BCUT2D eigenvalue weighted by molar-refractivity contribution is 6.01. The van der Waals surface area contributed by atoms with E-state index in [1.807, 2.05) is 0 Å². The Kier molecular flexibility index (Phi) is 7.05. The van der Waals surface area contributed by atoms with Gasteiger partial charge in [-0.15, -0.1) is 0 Å². The van der Waals surface area contributed by atoms with Crippen molar-refractivity contribution in [3.05, 3.63) is 0 Å². The van der Waals surface area contributed by atoms with Gasteiger partial charge in [-0.2, -0.15) is 0 Å². The first-order valence-electron chi connectivity index (χ1n) is 7.66. The summed E-state index contributed by atoms with van der Waals surface area (Å²) < 4.78 is 0. The monoisotopic (exact) mass is 372 g/mol. The van der Waals surface area contributed by atoms with E-state index >= 15 is 0 Å². The molecule has 0 aromatic rings. The van der Waals surface area contributed by atoms with Crippen LogP contribution in [-0.4, -0.2) is 69.9 Å². The molecular formula is C14H20N4O8. The average Bonchev–Trinajstić information content (AvgIpc) is 2.51. The van der Waals surface area contributed by atoms with E-state index in [0.29, 0.717) is 0 Å². The number of amides is 4. The maximum atomic E-state index is 12.0.